The number of aromatic amines is 1. The number of fused-ring (bicyclic) bond motifs is 1. The SMILES string of the molecule is Cc1c(C(=O)NOC(=O)C(C)(C)C)[nH]c2ccccc12. The van der Waals surface area contributed by atoms with Gasteiger partial charge in [-0.1, -0.05) is 18.2 Å². The maximum Gasteiger partial charge on any atom is 0.337 e. The molecule has 0 atom stereocenters. The standard InChI is InChI=1S/C15H18N2O3/c1-9-10-7-5-6-8-11(10)16-12(9)13(18)17-20-14(19)15(2,3)4/h5-8,16H,1-4H3,(H,17,18). The van der Waals surface area contributed by atoms with Gasteiger partial charge in [-0.25, -0.2) is 4.79 Å². The number of rotatable bonds is 1. The number of aryl methyl sites for hydroxylation is 1. The van der Waals surface area contributed by atoms with E-state index in [2.05, 4.69) is 10.5 Å². The van der Waals surface area contributed by atoms with Crippen molar-refractivity contribution in [3.63, 3.8) is 0 Å². The lowest BCUT2D eigenvalue weighted by Gasteiger charge is -2.15. The summed E-state index contributed by atoms with van der Waals surface area (Å²) in [4.78, 5) is 31.5. The molecule has 2 rings (SSSR count). The summed E-state index contributed by atoms with van der Waals surface area (Å²) in [5.74, 6) is -0.948. The number of hydrogen-bond donors (Lipinski definition) is 2. The topological polar surface area (TPSA) is 71.2 Å². The molecule has 0 aliphatic rings. The molecule has 0 aliphatic carbocycles. The maximum atomic E-state index is 12.0. The summed E-state index contributed by atoms with van der Waals surface area (Å²) in [6.07, 6.45) is 0. The molecule has 20 heavy (non-hydrogen) atoms. The van der Waals surface area contributed by atoms with E-state index in [1.807, 2.05) is 31.2 Å². The molecule has 0 aliphatic heterocycles. The summed E-state index contributed by atoms with van der Waals surface area (Å²) in [5.41, 5.74) is 3.62. The largest absolute Gasteiger partial charge is 0.350 e. The fourth-order valence-electron chi connectivity index (χ4n) is 1.81. The molecule has 106 valence electrons. The number of amides is 1. The molecule has 5 heteroatoms. The lowest BCUT2D eigenvalue weighted by Crippen LogP contribution is -2.33. The van der Waals surface area contributed by atoms with Crippen LogP contribution >= 0.6 is 0 Å². The second kappa shape index (κ2) is 5.00. The van der Waals surface area contributed by atoms with Crippen LogP contribution in [0, 0.1) is 12.3 Å². The van der Waals surface area contributed by atoms with Gasteiger partial charge in [0.1, 0.15) is 5.69 Å². The van der Waals surface area contributed by atoms with Crippen LogP contribution < -0.4 is 5.48 Å². The third-order valence-corrected chi connectivity index (χ3v) is 3.04. The van der Waals surface area contributed by atoms with Crippen LogP contribution in [0.2, 0.25) is 0 Å². The van der Waals surface area contributed by atoms with Crippen molar-refractivity contribution in [2.24, 2.45) is 5.41 Å². The zero-order valence-electron chi connectivity index (χ0n) is 12.0. The summed E-state index contributed by atoms with van der Waals surface area (Å²) in [6, 6.07) is 7.61. The van der Waals surface area contributed by atoms with E-state index in [4.69, 9.17) is 4.84 Å². The van der Waals surface area contributed by atoms with Gasteiger partial charge >= 0.3 is 11.9 Å². The van der Waals surface area contributed by atoms with Crippen molar-refractivity contribution in [1.29, 1.82) is 0 Å². The van der Waals surface area contributed by atoms with Crippen molar-refractivity contribution in [1.82, 2.24) is 10.5 Å². The lowest BCUT2D eigenvalue weighted by molar-refractivity contribution is -0.158. The van der Waals surface area contributed by atoms with Crippen LogP contribution in [0.4, 0.5) is 0 Å². The Morgan fingerprint density at radius 2 is 1.85 bits per heavy atom. The number of aromatic nitrogens is 1. The highest BCUT2D eigenvalue weighted by atomic mass is 16.7. The molecule has 0 unspecified atom stereocenters. The Hall–Kier alpha value is -2.30. The summed E-state index contributed by atoms with van der Waals surface area (Å²) >= 11 is 0. The minimum atomic E-state index is -0.664. The van der Waals surface area contributed by atoms with Gasteiger partial charge in [0.25, 0.3) is 0 Å². The Bertz CT molecular complexity index is 665. The first-order valence-corrected chi connectivity index (χ1v) is 6.39. The van der Waals surface area contributed by atoms with Gasteiger partial charge in [0.2, 0.25) is 0 Å². The molecule has 1 aromatic carbocycles. The first-order chi connectivity index (χ1) is 9.30. The number of H-pyrrole nitrogens is 1. The minimum absolute atomic E-state index is 0.396. The van der Waals surface area contributed by atoms with E-state index in [1.165, 1.54) is 0 Å². The van der Waals surface area contributed by atoms with Crippen molar-refractivity contribution < 1.29 is 14.4 Å². The van der Waals surface area contributed by atoms with E-state index in [0.29, 0.717) is 5.69 Å². The maximum absolute atomic E-state index is 12.0. The van der Waals surface area contributed by atoms with E-state index in [0.717, 1.165) is 16.5 Å². The van der Waals surface area contributed by atoms with Crippen LogP contribution in [0.5, 0.6) is 0 Å². The minimum Gasteiger partial charge on any atom is -0.350 e. The Morgan fingerprint density at radius 3 is 2.45 bits per heavy atom. The molecule has 5 nitrogen and oxygen atoms in total. The van der Waals surface area contributed by atoms with Gasteiger partial charge in [0.05, 0.1) is 5.41 Å². The summed E-state index contributed by atoms with van der Waals surface area (Å²) < 4.78 is 0. The van der Waals surface area contributed by atoms with Crippen molar-refractivity contribution in [2.45, 2.75) is 27.7 Å². The van der Waals surface area contributed by atoms with Gasteiger partial charge in [0, 0.05) is 10.9 Å². The van der Waals surface area contributed by atoms with Gasteiger partial charge in [-0.3, -0.25) is 4.79 Å². The molecule has 1 aromatic heterocycles. The Balaban J connectivity index is 2.16. The molecule has 2 N–H and O–H groups in total. The number of benzene rings is 1. The van der Waals surface area contributed by atoms with E-state index >= 15 is 0 Å². The molecule has 2 aromatic rings. The molecule has 1 amide bonds. The fraction of sp³-hybridized carbons (Fsp3) is 0.333. The number of para-hydroxylation sites is 1. The second-order valence-corrected chi connectivity index (χ2v) is 5.74. The highest BCUT2D eigenvalue weighted by molar-refractivity contribution is 6.00. The van der Waals surface area contributed by atoms with E-state index < -0.39 is 17.3 Å². The normalized spacial score (nSPS) is 11.4. The Morgan fingerprint density at radius 1 is 1.20 bits per heavy atom. The number of hydroxylamine groups is 1. The quantitative estimate of drug-likeness (QED) is 0.785. The number of carbonyl (C=O) groups excluding carboxylic acids is 2. The molecular formula is C15H18N2O3. The highest BCUT2D eigenvalue weighted by Gasteiger charge is 2.25. The molecule has 0 saturated heterocycles. The molecular weight excluding hydrogens is 256 g/mol. The van der Waals surface area contributed by atoms with Crippen molar-refractivity contribution >= 4 is 22.8 Å². The summed E-state index contributed by atoms with van der Waals surface area (Å²) in [6.45, 7) is 7.00. The van der Waals surface area contributed by atoms with Crippen molar-refractivity contribution in [3.05, 3.63) is 35.5 Å². The summed E-state index contributed by atoms with van der Waals surface area (Å²) in [7, 11) is 0. The van der Waals surface area contributed by atoms with Crippen LogP contribution in [0.15, 0.2) is 24.3 Å². The van der Waals surface area contributed by atoms with Crippen molar-refractivity contribution in [2.75, 3.05) is 0 Å². The fourth-order valence-corrected chi connectivity index (χ4v) is 1.81. The smallest absolute Gasteiger partial charge is 0.337 e. The Labute approximate surface area is 117 Å². The van der Waals surface area contributed by atoms with Crippen LogP contribution in [-0.4, -0.2) is 16.9 Å². The van der Waals surface area contributed by atoms with Gasteiger partial charge in [0.15, 0.2) is 0 Å². The molecule has 0 saturated carbocycles. The molecule has 0 spiro atoms. The summed E-state index contributed by atoms with van der Waals surface area (Å²) in [5, 5.41) is 0.972. The predicted molar refractivity (Wildman–Crippen MR) is 76.0 cm³/mol. The van der Waals surface area contributed by atoms with E-state index in [9.17, 15) is 9.59 Å². The monoisotopic (exact) mass is 274 g/mol. The lowest BCUT2D eigenvalue weighted by atomic mass is 9.98. The van der Waals surface area contributed by atoms with Gasteiger partial charge in [-0.15, -0.1) is 0 Å². The zero-order chi connectivity index (χ0) is 14.9. The first-order valence-electron chi connectivity index (χ1n) is 6.39. The molecule has 0 radical (unpaired) electrons. The van der Waals surface area contributed by atoms with E-state index in [-0.39, 0.29) is 0 Å². The zero-order valence-corrected chi connectivity index (χ0v) is 12.0. The molecule has 1 heterocycles. The van der Waals surface area contributed by atoms with Gasteiger partial charge in [-0.05, 0) is 39.3 Å². The molecule has 0 bridgehead atoms. The number of carbonyl (C=O) groups is 2. The Kier molecular flexibility index (Phi) is 3.53. The van der Waals surface area contributed by atoms with Crippen LogP contribution in [0.1, 0.15) is 36.8 Å². The predicted octanol–water partition coefficient (Wildman–Crippen LogP) is 2.71. The third kappa shape index (κ3) is 2.66. The number of nitrogens with one attached hydrogen (secondary N) is 2. The average Bonchev–Trinajstić information content (AvgIpc) is 2.72. The van der Waals surface area contributed by atoms with Crippen molar-refractivity contribution in [3.8, 4) is 0 Å². The number of hydrogen-bond acceptors (Lipinski definition) is 3. The average molecular weight is 274 g/mol. The first kappa shape index (κ1) is 14.1. The van der Waals surface area contributed by atoms with Crippen LogP contribution in [-0.2, 0) is 9.63 Å². The highest BCUT2D eigenvalue weighted by Crippen LogP contribution is 2.21. The third-order valence-electron chi connectivity index (χ3n) is 3.04. The molecule has 0 fully saturated rings. The van der Waals surface area contributed by atoms with E-state index in [1.54, 1.807) is 20.8 Å². The second-order valence-electron chi connectivity index (χ2n) is 5.74. The van der Waals surface area contributed by atoms with Gasteiger partial charge < -0.3 is 9.82 Å². The van der Waals surface area contributed by atoms with Gasteiger partial charge in [-0.2, -0.15) is 5.48 Å². The van der Waals surface area contributed by atoms with Crippen LogP contribution in [0.3, 0.4) is 0 Å². The van der Waals surface area contributed by atoms with Crippen LogP contribution in [0.25, 0.3) is 10.9 Å².